The van der Waals surface area contributed by atoms with Crippen LogP contribution in [0.5, 0.6) is 0 Å². The molecule has 9 nitrogen and oxygen atoms in total. The molecule has 2 aromatic carbocycles. The molecule has 4 rings (SSSR count). The number of nitrogens with zero attached hydrogens (tertiary/aromatic N) is 5. The van der Waals surface area contributed by atoms with E-state index in [0.717, 1.165) is 17.0 Å². The van der Waals surface area contributed by atoms with Gasteiger partial charge in [0, 0.05) is 17.3 Å². The van der Waals surface area contributed by atoms with E-state index in [1.54, 1.807) is 12.3 Å². The van der Waals surface area contributed by atoms with Crippen molar-refractivity contribution < 1.29 is 9.72 Å². The maximum absolute atomic E-state index is 12.5. The molecule has 0 aliphatic carbocycles. The van der Waals surface area contributed by atoms with E-state index >= 15 is 0 Å². The molecule has 2 heterocycles. The van der Waals surface area contributed by atoms with Crippen molar-refractivity contribution in [2.45, 2.75) is 6.67 Å². The number of aromatic nitrogens is 4. The molecule has 0 atom stereocenters. The summed E-state index contributed by atoms with van der Waals surface area (Å²) in [7, 11) is 0. The summed E-state index contributed by atoms with van der Waals surface area (Å²) in [6.07, 6.45) is 4.08. The molecule has 0 aliphatic rings. The minimum atomic E-state index is -0.518. The molecule has 0 saturated heterocycles. The number of hydrogen-bond donors (Lipinski definition) is 1. The van der Waals surface area contributed by atoms with Crippen LogP contribution in [0, 0.1) is 10.1 Å². The molecule has 0 unspecified atom stereocenters. The van der Waals surface area contributed by atoms with Crippen molar-refractivity contribution in [3.8, 4) is 0 Å². The van der Waals surface area contributed by atoms with E-state index in [4.69, 9.17) is 0 Å². The summed E-state index contributed by atoms with van der Waals surface area (Å²) in [6, 6.07) is 15.0. The Morgan fingerprint density at radius 3 is 2.74 bits per heavy atom. The third-order valence-corrected chi connectivity index (χ3v) is 4.03. The Kier molecular flexibility index (Phi) is 4.09. The smallest absolute Gasteiger partial charge is 0.307 e. The average Bonchev–Trinajstić information content (AvgIpc) is 3.32. The summed E-state index contributed by atoms with van der Waals surface area (Å²) in [5.41, 5.74) is 0.844. The highest BCUT2D eigenvalue weighted by atomic mass is 16.6. The van der Waals surface area contributed by atoms with Crippen LogP contribution in [0.25, 0.3) is 10.8 Å². The molecule has 9 heteroatoms. The Bertz CT molecular complexity index is 1140. The van der Waals surface area contributed by atoms with Crippen LogP contribution in [0.1, 0.15) is 10.5 Å². The summed E-state index contributed by atoms with van der Waals surface area (Å²) in [6.45, 7) is 0.162. The van der Waals surface area contributed by atoms with Crippen LogP contribution >= 0.6 is 0 Å². The van der Waals surface area contributed by atoms with Gasteiger partial charge in [0.15, 0.2) is 5.69 Å². The number of nitrogens with one attached hydrogen (secondary N) is 1. The van der Waals surface area contributed by atoms with Crippen molar-refractivity contribution in [1.29, 1.82) is 0 Å². The lowest BCUT2D eigenvalue weighted by molar-refractivity contribution is -0.385. The zero-order valence-electron chi connectivity index (χ0n) is 14.0. The van der Waals surface area contributed by atoms with Crippen LogP contribution in [0.3, 0.4) is 0 Å². The third kappa shape index (κ3) is 3.38. The fourth-order valence-corrected chi connectivity index (χ4v) is 2.76. The molecule has 2 aromatic heterocycles. The highest BCUT2D eigenvalue weighted by molar-refractivity contribution is 6.08. The number of fused-ring (bicyclic) bond motifs is 1. The average molecular weight is 362 g/mol. The van der Waals surface area contributed by atoms with Gasteiger partial charge in [-0.3, -0.25) is 19.6 Å². The van der Waals surface area contributed by atoms with E-state index in [1.165, 1.54) is 15.6 Å². The minimum absolute atomic E-state index is 0.101. The SMILES string of the molecule is O=C(Nc1cccc2ccccc12)c1ccn(Cn2cc([N+](=O)[O-])cn2)n1. The van der Waals surface area contributed by atoms with Gasteiger partial charge < -0.3 is 5.32 Å². The predicted octanol–water partition coefficient (Wildman–Crippen LogP) is 2.90. The number of hydrogen-bond acceptors (Lipinski definition) is 5. The standard InChI is InChI=1S/C18H14N6O3/c25-18(20-16-7-3-5-13-4-1-2-6-15(13)16)17-8-9-22(21-17)12-23-11-14(10-19-23)24(26)27/h1-11H,12H2,(H,20,25). The van der Waals surface area contributed by atoms with Gasteiger partial charge in [-0.2, -0.15) is 10.2 Å². The van der Waals surface area contributed by atoms with E-state index in [0.29, 0.717) is 5.69 Å². The van der Waals surface area contributed by atoms with Crippen molar-refractivity contribution in [2.75, 3.05) is 5.32 Å². The second-order valence-electron chi connectivity index (χ2n) is 5.86. The van der Waals surface area contributed by atoms with Gasteiger partial charge in [-0.05, 0) is 17.5 Å². The van der Waals surface area contributed by atoms with Crippen LogP contribution in [0.15, 0.2) is 67.1 Å². The van der Waals surface area contributed by atoms with Gasteiger partial charge in [0.05, 0.1) is 4.92 Å². The van der Waals surface area contributed by atoms with Crippen molar-refractivity contribution >= 4 is 28.1 Å². The molecule has 134 valence electrons. The lowest BCUT2D eigenvalue weighted by Crippen LogP contribution is -2.15. The summed E-state index contributed by atoms with van der Waals surface area (Å²) in [5.74, 6) is -0.337. The van der Waals surface area contributed by atoms with Gasteiger partial charge in [-0.25, -0.2) is 4.68 Å². The first-order valence-corrected chi connectivity index (χ1v) is 8.09. The first kappa shape index (κ1) is 16.5. The van der Waals surface area contributed by atoms with Gasteiger partial charge in [0.1, 0.15) is 19.1 Å². The van der Waals surface area contributed by atoms with E-state index in [-0.39, 0.29) is 24.0 Å². The highest BCUT2D eigenvalue weighted by Gasteiger charge is 2.13. The van der Waals surface area contributed by atoms with Crippen LogP contribution < -0.4 is 5.32 Å². The van der Waals surface area contributed by atoms with Gasteiger partial charge in [0.2, 0.25) is 0 Å². The highest BCUT2D eigenvalue weighted by Crippen LogP contribution is 2.23. The van der Waals surface area contributed by atoms with Crippen LogP contribution in [0.2, 0.25) is 0 Å². The summed E-state index contributed by atoms with van der Waals surface area (Å²) >= 11 is 0. The maximum atomic E-state index is 12.5. The van der Waals surface area contributed by atoms with Crippen LogP contribution in [-0.4, -0.2) is 30.4 Å². The number of carbonyl (C=O) groups excluding carboxylic acids is 1. The first-order chi connectivity index (χ1) is 13.1. The quantitative estimate of drug-likeness (QED) is 0.434. The summed E-state index contributed by atoms with van der Waals surface area (Å²) in [5, 5.41) is 23.7. The number of anilines is 1. The van der Waals surface area contributed by atoms with Crippen LogP contribution in [-0.2, 0) is 6.67 Å². The van der Waals surface area contributed by atoms with Gasteiger partial charge in [-0.15, -0.1) is 0 Å². The fourth-order valence-electron chi connectivity index (χ4n) is 2.76. The minimum Gasteiger partial charge on any atom is -0.320 e. The number of amides is 1. The Morgan fingerprint density at radius 2 is 1.93 bits per heavy atom. The molecule has 1 amide bonds. The number of carbonyl (C=O) groups is 1. The Balaban J connectivity index is 1.50. The van der Waals surface area contributed by atoms with Crippen molar-refractivity contribution in [1.82, 2.24) is 19.6 Å². The first-order valence-electron chi connectivity index (χ1n) is 8.09. The Hall–Kier alpha value is -4.01. The molecule has 0 fully saturated rings. The Labute approximate surface area is 153 Å². The molecule has 0 bridgehead atoms. The van der Waals surface area contributed by atoms with Gasteiger partial charge in [-0.1, -0.05) is 36.4 Å². The topological polar surface area (TPSA) is 108 Å². The lowest BCUT2D eigenvalue weighted by Gasteiger charge is -2.07. The summed E-state index contributed by atoms with van der Waals surface area (Å²) in [4.78, 5) is 22.7. The Morgan fingerprint density at radius 1 is 1.11 bits per heavy atom. The van der Waals surface area contributed by atoms with E-state index in [1.807, 2.05) is 42.5 Å². The normalized spacial score (nSPS) is 10.8. The maximum Gasteiger partial charge on any atom is 0.307 e. The molecule has 0 saturated carbocycles. The molecule has 1 N–H and O–H groups in total. The van der Waals surface area contributed by atoms with Crippen LogP contribution in [0.4, 0.5) is 11.4 Å². The zero-order chi connectivity index (χ0) is 18.8. The monoisotopic (exact) mass is 362 g/mol. The van der Waals surface area contributed by atoms with Crippen molar-refractivity contribution in [2.24, 2.45) is 0 Å². The molecular weight excluding hydrogens is 348 g/mol. The molecular formula is C18H14N6O3. The lowest BCUT2D eigenvalue weighted by atomic mass is 10.1. The van der Waals surface area contributed by atoms with Crippen molar-refractivity contribution in [3.63, 3.8) is 0 Å². The fraction of sp³-hybridized carbons (Fsp3) is 0.0556. The number of rotatable bonds is 5. The second kappa shape index (κ2) is 6.71. The molecule has 27 heavy (non-hydrogen) atoms. The number of benzene rings is 2. The van der Waals surface area contributed by atoms with E-state index in [9.17, 15) is 14.9 Å². The molecule has 0 spiro atoms. The molecule has 0 radical (unpaired) electrons. The molecule has 0 aliphatic heterocycles. The summed E-state index contributed by atoms with van der Waals surface area (Å²) < 4.78 is 2.85. The van der Waals surface area contributed by atoms with Gasteiger partial charge in [0.25, 0.3) is 5.91 Å². The van der Waals surface area contributed by atoms with E-state index < -0.39 is 4.92 Å². The van der Waals surface area contributed by atoms with Crippen molar-refractivity contribution in [3.05, 3.63) is 82.9 Å². The number of nitro groups is 1. The predicted molar refractivity (Wildman–Crippen MR) is 98.4 cm³/mol. The largest absolute Gasteiger partial charge is 0.320 e. The third-order valence-electron chi connectivity index (χ3n) is 4.03. The molecule has 4 aromatic rings. The van der Waals surface area contributed by atoms with Gasteiger partial charge >= 0.3 is 5.69 Å². The van der Waals surface area contributed by atoms with E-state index in [2.05, 4.69) is 15.5 Å². The zero-order valence-corrected chi connectivity index (χ0v) is 14.0. The second-order valence-corrected chi connectivity index (χ2v) is 5.86.